The van der Waals surface area contributed by atoms with Crippen molar-refractivity contribution in [2.75, 3.05) is 21.3 Å². The van der Waals surface area contributed by atoms with E-state index in [-0.39, 0.29) is 5.57 Å². The molecule has 0 aliphatic heterocycles. The molecule has 0 saturated heterocycles. The van der Waals surface area contributed by atoms with E-state index in [0.29, 0.717) is 23.1 Å². The Labute approximate surface area is 127 Å². The molecule has 0 aliphatic rings. The number of hydrogen-bond acceptors (Lipinski definition) is 6. The second-order valence-corrected chi connectivity index (χ2v) is 4.25. The third kappa shape index (κ3) is 4.29. The second-order valence-electron chi connectivity index (χ2n) is 3.84. The molecule has 0 unspecified atom stereocenters. The summed E-state index contributed by atoms with van der Waals surface area (Å²) in [6.45, 7) is 0.307. The molecule has 0 atom stereocenters. The van der Waals surface area contributed by atoms with E-state index < -0.39 is 5.97 Å². The first-order chi connectivity index (χ1) is 10.1. The highest BCUT2D eigenvalue weighted by Crippen LogP contribution is 2.32. The van der Waals surface area contributed by atoms with Crippen molar-refractivity contribution < 1.29 is 19.0 Å². The van der Waals surface area contributed by atoms with E-state index in [1.807, 2.05) is 0 Å². The Morgan fingerprint density at radius 1 is 1.33 bits per heavy atom. The molecule has 0 bridgehead atoms. The smallest absolute Gasteiger partial charge is 0.350 e. The molecule has 1 rings (SSSR count). The fourth-order valence-electron chi connectivity index (χ4n) is 1.54. The number of esters is 1. The normalized spacial score (nSPS) is 10.5. The molecule has 1 aromatic carbocycles. The van der Waals surface area contributed by atoms with Crippen LogP contribution in [0, 0.1) is 11.3 Å². The number of halogens is 1. The van der Waals surface area contributed by atoms with Gasteiger partial charge in [0, 0.05) is 23.8 Å². The van der Waals surface area contributed by atoms with E-state index in [2.05, 4.69) is 10.1 Å². The average Bonchev–Trinajstić information content (AvgIpc) is 2.51. The fraction of sp³-hybridized carbons (Fsp3) is 0.286. The summed E-state index contributed by atoms with van der Waals surface area (Å²) < 4.78 is 14.8. The van der Waals surface area contributed by atoms with E-state index in [9.17, 15) is 4.79 Å². The molecule has 1 N–H and O–H groups in total. The summed E-state index contributed by atoms with van der Waals surface area (Å²) >= 11 is 6.12. The van der Waals surface area contributed by atoms with Crippen molar-refractivity contribution >= 4 is 17.6 Å². The van der Waals surface area contributed by atoms with Gasteiger partial charge in [-0.05, 0) is 11.6 Å². The van der Waals surface area contributed by atoms with Crippen molar-refractivity contribution in [3.05, 3.63) is 34.5 Å². The van der Waals surface area contributed by atoms with E-state index in [4.69, 9.17) is 26.3 Å². The molecular weight excluding hydrogens is 296 g/mol. The number of nitriles is 1. The zero-order valence-corrected chi connectivity index (χ0v) is 12.7. The second kappa shape index (κ2) is 8.02. The quantitative estimate of drug-likeness (QED) is 0.492. The molecule has 6 nitrogen and oxygen atoms in total. The van der Waals surface area contributed by atoms with Gasteiger partial charge in [0.15, 0.2) is 17.1 Å². The first kappa shape index (κ1) is 16.7. The van der Waals surface area contributed by atoms with Crippen LogP contribution in [0.2, 0.25) is 5.02 Å². The van der Waals surface area contributed by atoms with Crippen LogP contribution < -0.4 is 14.8 Å². The maximum Gasteiger partial charge on any atom is 0.350 e. The summed E-state index contributed by atoms with van der Waals surface area (Å²) in [5, 5.41) is 12.1. The minimum Gasteiger partial charge on any atom is -0.493 e. The Morgan fingerprint density at radius 2 is 1.95 bits per heavy atom. The maximum atomic E-state index is 11.2. The monoisotopic (exact) mass is 310 g/mol. The summed E-state index contributed by atoms with van der Waals surface area (Å²) in [7, 11) is 4.25. The molecular formula is C14H15ClN2O4. The highest BCUT2D eigenvalue weighted by atomic mass is 35.5. The van der Waals surface area contributed by atoms with Gasteiger partial charge < -0.3 is 19.5 Å². The first-order valence-corrected chi connectivity index (χ1v) is 6.27. The Hall–Kier alpha value is -2.39. The lowest BCUT2D eigenvalue weighted by Crippen LogP contribution is -2.11. The SMILES string of the molecule is COC(=O)/C(C#N)=C\NCc1cc(OC)c(OC)cc1Cl. The highest BCUT2D eigenvalue weighted by Gasteiger charge is 2.10. The van der Waals surface area contributed by atoms with Crippen molar-refractivity contribution in [3.63, 3.8) is 0 Å². The van der Waals surface area contributed by atoms with Gasteiger partial charge in [0.1, 0.15) is 6.07 Å². The van der Waals surface area contributed by atoms with E-state index in [0.717, 1.165) is 5.56 Å². The van der Waals surface area contributed by atoms with Gasteiger partial charge in [0.25, 0.3) is 0 Å². The highest BCUT2D eigenvalue weighted by molar-refractivity contribution is 6.31. The summed E-state index contributed by atoms with van der Waals surface area (Å²) in [6, 6.07) is 5.09. The van der Waals surface area contributed by atoms with Crippen LogP contribution in [0.15, 0.2) is 23.9 Å². The van der Waals surface area contributed by atoms with Crippen molar-refractivity contribution in [2.45, 2.75) is 6.54 Å². The van der Waals surface area contributed by atoms with Crippen LogP contribution in [0.5, 0.6) is 11.5 Å². The van der Waals surface area contributed by atoms with Gasteiger partial charge in [-0.15, -0.1) is 0 Å². The standard InChI is InChI=1S/C14H15ClN2O4/c1-19-12-4-9(11(15)5-13(12)20-2)7-17-8-10(6-16)14(18)21-3/h4-5,8,17H,7H2,1-3H3/b10-8-. The van der Waals surface area contributed by atoms with Crippen molar-refractivity contribution in [1.82, 2.24) is 5.32 Å². The molecule has 21 heavy (non-hydrogen) atoms. The van der Waals surface area contributed by atoms with E-state index >= 15 is 0 Å². The predicted molar refractivity (Wildman–Crippen MR) is 77.1 cm³/mol. The van der Waals surface area contributed by atoms with Crippen LogP contribution in [0.3, 0.4) is 0 Å². The largest absolute Gasteiger partial charge is 0.493 e. The van der Waals surface area contributed by atoms with Crippen molar-refractivity contribution in [2.24, 2.45) is 0 Å². The number of benzene rings is 1. The molecule has 0 heterocycles. The van der Waals surface area contributed by atoms with Crippen LogP contribution in [0.4, 0.5) is 0 Å². The van der Waals surface area contributed by atoms with Gasteiger partial charge in [-0.2, -0.15) is 5.26 Å². The van der Waals surface area contributed by atoms with Gasteiger partial charge >= 0.3 is 5.97 Å². The molecule has 0 spiro atoms. The summed E-state index contributed by atoms with van der Waals surface area (Å²) in [5.41, 5.74) is 0.599. The van der Waals surface area contributed by atoms with E-state index in [1.54, 1.807) is 18.2 Å². The van der Waals surface area contributed by atoms with Crippen LogP contribution in [0.1, 0.15) is 5.56 Å². The molecule has 0 aromatic heterocycles. The van der Waals surface area contributed by atoms with Gasteiger partial charge in [0.05, 0.1) is 21.3 Å². The lowest BCUT2D eigenvalue weighted by molar-refractivity contribution is -0.135. The topological polar surface area (TPSA) is 80.6 Å². The van der Waals surface area contributed by atoms with Gasteiger partial charge in [-0.25, -0.2) is 4.79 Å². The molecule has 0 aliphatic carbocycles. The Morgan fingerprint density at radius 3 is 2.48 bits per heavy atom. The number of ether oxygens (including phenoxy) is 3. The van der Waals surface area contributed by atoms with Crippen LogP contribution >= 0.6 is 11.6 Å². The van der Waals surface area contributed by atoms with Crippen LogP contribution in [-0.2, 0) is 16.1 Å². The van der Waals surface area contributed by atoms with Gasteiger partial charge in [0.2, 0.25) is 0 Å². The minimum atomic E-state index is -0.705. The number of hydrogen-bond donors (Lipinski definition) is 1. The van der Waals surface area contributed by atoms with Crippen LogP contribution in [0.25, 0.3) is 0 Å². The van der Waals surface area contributed by atoms with Crippen LogP contribution in [-0.4, -0.2) is 27.3 Å². The lowest BCUT2D eigenvalue weighted by Gasteiger charge is -2.11. The molecule has 7 heteroatoms. The molecule has 112 valence electrons. The molecule has 0 amide bonds. The maximum absolute atomic E-state index is 11.2. The van der Waals surface area contributed by atoms with E-state index in [1.165, 1.54) is 27.5 Å². The third-order valence-corrected chi connectivity index (χ3v) is 2.97. The molecule has 0 radical (unpaired) electrons. The molecule has 1 aromatic rings. The molecule has 0 fully saturated rings. The average molecular weight is 311 g/mol. The zero-order chi connectivity index (χ0) is 15.8. The number of nitrogens with zero attached hydrogens (tertiary/aromatic N) is 1. The van der Waals surface area contributed by atoms with Crippen molar-refractivity contribution in [3.8, 4) is 17.6 Å². The number of nitrogens with one attached hydrogen (secondary N) is 1. The first-order valence-electron chi connectivity index (χ1n) is 5.89. The lowest BCUT2D eigenvalue weighted by atomic mass is 10.2. The fourth-order valence-corrected chi connectivity index (χ4v) is 1.76. The van der Waals surface area contributed by atoms with Gasteiger partial charge in [-0.1, -0.05) is 11.6 Å². The van der Waals surface area contributed by atoms with Crippen molar-refractivity contribution in [1.29, 1.82) is 5.26 Å². The Balaban J connectivity index is 2.87. The molecule has 0 saturated carbocycles. The predicted octanol–water partition coefficient (Wildman–Crippen LogP) is 2.03. The zero-order valence-electron chi connectivity index (χ0n) is 11.9. The third-order valence-electron chi connectivity index (χ3n) is 2.62. The summed E-state index contributed by atoms with van der Waals surface area (Å²) in [4.78, 5) is 11.2. The number of carbonyl (C=O) groups is 1. The number of carbonyl (C=O) groups excluding carboxylic acids is 1. The Bertz CT molecular complexity index is 593. The number of rotatable bonds is 6. The Kier molecular flexibility index (Phi) is 6.37. The summed E-state index contributed by atoms with van der Waals surface area (Å²) in [5.74, 6) is 0.355. The summed E-state index contributed by atoms with van der Waals surface area (Å²) in [6.07, 6.45) is 1.28. The minimum absolute atomic E-state index is 0.130. The van der Waals surface area contributed by atoms with Gasteiger partial charge in [-0.3, -0.25) is 0 Å². The number of methoxy groups -OCH3 is 3.